The van der Waals surface area contributed by atoms with Crippen LogP contribution in [0, 0.1) is 13.8 Å². The van der Waals surface area contributed by atoms with Gasteiger partial charge in [-0.2, -0.15) is 5.10 Å². The van der Waals surface area contributed by atoms with Crippen LogP contribution in [0.3, 0.4) is 0 Å². The number of benzene rings is 2. The molecule has 5 heteroatoms. The largest absolute Gasteiger partial charge is 0.383 e. The molecule has 3 N–H and O–H groups in total. The number of rotatable bonds is 4. The SMILES string of the molecule is Cc1cc(C)cc(-c2cccc(C=NNc3nc(N)cs3)c2)c1. The predicted molar refractivity (Wildman–Crippen MR) is 99.1 cm³/mol. The van der Waals surface area contributed by atoms with Crippen molar-refractivity contribution in [3.8, 4) is 11.1 Å². The van der Waals surface area contributed by atoms with E-state index in [0.29, 0.717) is 10.9 Å². The molecule has 0 aliphatic rings. The molecule has 0 saturated carbocycles. The topological polar surface area (TPSA) is 63.3 Å². The number of thiazole rings is 1. The highest BCUT2D eigenvalue weighted by molar-refractivity contribution is 7.14. The molecule has 0 fully saturated rings. The molecule has 1 aromatic heterocycles. The van der Waals surface area contributed by atoms with Gasteiger partial charge in [-0.25, -0.2) is 4.98 Å². The Labute approximate surface area is 139 Å². The Hall–Kier alpha value is -2.66. The zero-order valence-corrected chi connectivity index (χ0v) is 13.9. The second-order valence-electron chi connectivity index (χ2n) is 5.45. The van der Waals surface area contributed by atoms with Gasteiger partial charge in [-0.05, 0) is 36.6 Å². The van der Waals surface area contributed by atoms with E-state index in [4.69, 9.17) is 5.73 Å². The number of hydrogen-bond donors (Lipinski definition) is 2. The van der Waals surface area contributed by atoms with Crippen molar-refractivity contribution >= 4 is 28.5 Å². The fourth-order valence-corrected chi connectivity index (χ4v) is 2.99. The molecule has 0 unspecified atom stereocenters. The van der Waals surface area contributed by atoms with Crippen LogP contribution in [0.4, 0.5) is 10.9 Å². The van der Waals surface area contributed by atoms with Gasteiger partial charge >= 0.3 is 0 Å². The molecule has 0 amide bonds. The van der Waals surface area contributed by atoms with E-state index in [1.54, 1.807) is 11.6 Å². The number of aryl methyl sites for hydroxylation is 2. The molecule has 3 aromatic rings. The normalized spacial score (nSPS) is 11.0. The molecule has 0 atom stereocenters. The number of hydrazone groups is 1. The van der Waals surface area contributed by atoms with Crippen molar-refractivity contribution in [3.05, 3.63) is 64.5 Å². The first kappa shape index (κ1) is 15.2. The van der Waals surface area contributed by atoms with Gasteiger partial charge in [-0.1, -0.05) is 47.5 Å². The zero-order valence-electron chi connectivity index (χ0n) is 13.1. The lowest BCUT2D eigenvalue weighted by molar-refractivity contribution is 1.29. The van der Waals surface area contributed by atoms with Crippen molar-refractivity contribution in [1.82, 2.24) is 4.98 Å². The van der Waals surface area contributed by atoms with Crippen LogP contribution in [-0.4, -0.2) is 11.2 Å². The van der Waals surface area contributed by atoms with Gasteiger partial charge in [0.1, 0.15) is 5.82 Å². The highest BCUT2D eigenvalue weighted by atomic mass is 32.1. The van der Waals surface area contributed by atoms with Crippen molar-refractivity contribution in [1.29, 1.82) is 0 Å². The van der Waals surface area contributed by atoms with Crippen molar-refractivity contribution in [2.75, 3.05) is 11.2 Å². The Morgan fingerprint density at radius 2 is 1.87 bits per heavy atom. The summed E-state index contributed by atoms with van der Waals surface area (Å²) in [4.78, 5) is 4.10. The Balaban J connectivity index is 1.79. The number of anilines is 2. The summed E-state index contributed by atoms with van der Waals surface area (Å²) in [5.74, 6) is 0.504. The Bertz CT molecular complexity index is 831. The molecule has 0 aliphatic carbocycles. The summed E-state index contributed by atoms with van der Waals surface area (Å²) in [6, 6.07) is 14.9. The van der Waals surface area contributed by atoms with Gasteiger partial charge in [0.2, 0.25) is 5.13 Å². The maximum absolute atomic E-state index is 5.58. The van der Waals surface area contributed by atoms with Crippen LogP contribution in [0.5, 0.6) is 0 Å². The van der Waals surface area contributed by atoms with E-state index in [-0.39, 0.29) is 0 Å². The highest BCUT2D eigenvalue weighted by Gasteiger charge is 2.01. The summed E-state index contributed by atoms with van der Waals surface area (Å²) in [5.41, 5.74) is 14.4. The van der Waals surface area contributed by atoms with Crippen molar-refractivity contribution in [3.63, 3.8) is 0 Å². The number of nitrogens with one attached hydrogen (secondary N) is 1. The molecule has 4 nitrogen and oxygen atoms in total. The van der Waals surface area contributed by atoms with Crippen LogP contribution in [-0.2, 0) is 0 Å². The molecule has 1 heterocycles. The van der Waals surface area contributed by atoms with E-state index in [0.717, 1.165) is 5.56 Å². The minimum Gasteiger partial charge on any atom is -0.383 e. The van der Waals surface area contributed by atoms with E-state index in [2.05, 4.69) is 59.7 Å². The highest BCUT2D eigenvalue weighted by Crippen LogP contribution is 2.23. The summed E-state index contributed by atoms with van der Waals surface area (Å²) in [5, 5.41) is 6.67. The van der Waals surface area contributed by atoms with E-state index >= 15 is 0 Å². The fraction of sp³-hybridized carbons (Fsp3) is 0.111. The summed E-state index contributed by atoms with van der Waals surface area (Å²) >= 11 is 1.43. The Morgan fingerprint density at radius 1 is 1.09 bits per heavy atom. The molecule has 3 rings (SSSR count). The molecule has 0 aliphatic heterocycles. The maximum atomic E-state index is 5.58. The molecule has 0 spiro atoms. The lowest BCUT2D eigenvalue weighted by atomic mass is 9.99. The summed E-state index contributed by atoms with van der Waals surface area (Å²) in [7, 11) is 0. The van der Waals surface area contributed by atoms with E-state index in [1.807, 2.05) is 12.1 Å². The minimum absolute atomic E-state index is 0.504. The minimum atomic E-state index is 0.504. The van der Waals surface area contributed by atoms with E-state index in [9.17, 15) is 0 Å². The third-order valence-electron chi connectivity index (χ3n) is 3.34. The van der Waals surface area contributed by atoms with Crippen LogP contribution in [0.1, 0.15) is 16.7 Å². The molecule has 116 valence electrons. The summed E-state index contributed by atoms with van der Waals surface area (Å²) in [6.07, 6.45) is 1.78. The first-order valence-corrected chi connectivity index (χ1v) is 8.17. The molecule has 23 heavy (non-hydrogen) atoms. The Kier molecular flexibility index (Phi) is 4.39. The van der Waals surface area contributed by atoms with Crippen LogP contribution in [0.2, 0.25) is 0 Å². The van der Waals surface area contributed by atoms with Gasteiger partial charge in [0, 0.05) is 5.38 Å². The maximum Gasteiger partial charge on any atom is 0.205 e. The average Bonchev–Trinajstić information content (AvgIpc) is 2.92. The monoisotopic (exact) mass is 322 g/mol. The van der Waals surface area contributed by atoms with Gasteiger partial charge < -0.3 is 5.73 Å². The van der Waals surface area contributed by atoms with Gasteiger partial charge in [0.15, 0.2) is 0 Å². The quantitative estimate of drug-likeness (QED) is 0.551. The van der Waals surface area contributed by atoms with Gasteiger partial charge in [-0.15, -0.1) is 11.3 Å². The number of aromatic nitrogens is 1. The number of nitrogens with two attached hydrogens (primary N) is 1. The first-order valence-electron chi connectivity index (χ1n) is 7.29. The van der Waals surface area contributed by atoms with Crippen LogP contribution >= 0.6 is 11.3 Å². The molecule has 0 saturated heterocycles. The van der Waals surface area contributed by atoms with Crippen LogP contribution in [0.25, 0.3) is 11.1 Å². The van der Waals surface area contributed by atoms with Crippen molar-refractivity contribution < 1.29 is 0 Å². The lowest BCUT2D eigenvalue weighted by Crippen LogP contribution is -1.91. The lowest BCUT2D eigenvalue weighted by Gasteiger charge is -2.06. The zero-order chi connectivity index (χ0) is 16.2. The molecule has 2 aromatic carbocycles. The summed E-state index contributed by atoms with van der Waals surface area (Å²) in [6.45, 7) is 4.23. The molecular weight excluding hydrogens is 304 g/mol. The Morgan fingerprint density at radius 3 is 2.57 bits per heavy atom. The molecular formula is C18H18N4S. The molecule has 0 radical (unpaired) electrons. The van der Waals surface area contributed by atoms with Crippen molar-refractivity contribution in [2.24, 2.45) is 5.10 Å². The predicted octanol–water partition coefficient (Wildman–Crippen LogP) is 4.46. The summed E-state index contributed by atoms with van der Waals surface area (Å²) < 4.78 is 0. The van der Waals surface area contributed by atoms with E-state index < -0.39 is 0 Å². The van der Waals surface area contributed by atoms with Gasteiger partial charge in [0.25, 0.3) is 0 Å². The smallest absolute Gasteiger partial charge is 0.205 e. The van der Waals surface area contributed by atoms with Crippen LogP contribution in [0.15, 0.2) is 52.9 Å². The van der Waals surface area contributed by atoms with E-state index in [1.165, 1.54) is 33.6 Å². The van der Waals surface area contributed by atoms with Gasteiger partial charge in [0.05, 0.1) is 6.21 Å². The average molecular weight is 322 g/mol. The number of hydrogen-bond acceptors (Lipinski definition) is 5. The molecule has 0 bridgehead atoms. The standard InChI is InChI=1S/C18H18N4S/c1-12-6-13(2)8-16(7-12)15-5-3-4-14(9-15)10-20-22-18-21-17(19)11-23-18/h3-11H,19H2,1-2H3,(H,21,22). The van der Waals surface area contributed by atoms with Crippen LogP contribution < -0.4 is 11.2 Å². The van der Waals surface area contributed by atoms with Crippen molar-refractivity contribution in [2.45, 2.75) is 13.8 Å². The fourth-order valence-electron chi connectivity index (χ4n) is 2.44. The number of nitrogen functional groups attached to an aromatic ring is 1. The second-order valence-corrected chi connectivity index (χ2v) is 6.31. The third kappa shape index (κ3) is 3.96. The second kappa shape index (κ2) is 6.62. The van der Waals surface area contributed by atoms with Gasteiger partial charge in [-0.3, -0.25) is 5.43 Å². The third-order valence-corrected chi connectivity index (χ3v) is 4.10. The number of nitrogens with zero attached hydrogens (tertiary/aromatic N) is 2. The first-order chi connectivity index (χ1) is 11.1.